The fraction of sp³-hybridized carbons (Fsp3) is 0.375. The molecule has 1 aromatic carbocycles. The molecule has 2 aromatic heterocycles. The summed E-state index contributed by atoms with van der Waals surface area (Å²) in [6.45, 7) is 0.247. The Labute approximate surface area is 217 Å². The number of nitrogens with one attached hydrogen (secondary N) is 1. The number of methoxy groups -OCH3 is 1. The lowest BCUT2D eigenvalue weighted by atomic mass is 9.97. The van der Waals surface area contributed by atoms with E-state index >= 15 is 0 Å². The molecule has 1 aliphatic heterocycles. The van der Waals surface area contributed by atoms with E-state index in [0.717, 1.165) is 16.0 Å². The number of rotatable bonds is 8. The van der Waals surface area contributed by atoms with Crippen molar-refractivity contribution in [3.05, 3.63) is 53.9 Å². The number of benzene rings is 1. The van der Waals surface area contributed by atoms with Gasteiger partial charge in [0.15, 0.2) is 22.0 Å². The van der Waals surface area contributed by atoms with Crippen molar-refractivity contribution >= 4 is 33.2 Å². The highest BCUT2D eigenvalue weighted by molar-refractivity contribution is 7.92. The minimum Gasteiger partial charge on any atom is -0.447 e. The van der Waals surface area contributed by atoms with Crippen molar-refractivity contribution in [2.45, 2.75) is 17.6 Å². The third-order valence-electron chi connectivity index (χ3n) is 6.29. The molecular formula is C24H27N3O8S2. The first-order chi connectivity index (χ1) is 17.8. The standard InChI is InChI=1S/C24H27N3O8S2/c1-33-11-12-34-23(29)27-9-8-24(14-22(28)26-30,37(31,32)13-10-27)21-7-6-20(36-21)18-4-2-17(3-5-18)19-15-25-16-35-19/h2-7,15-16,30H,8-14H2,1H3,(H,26,28). The second-order valence-electron chi connectivity index (χ2n) is 8.48. The number of ether oxygens (including phenoxy) is 2. The summed E-state index contributed by atoms with van der Waals surface area (Å²) in [4.78, 5) is 31.3. The summed E-state index contributed by atoms with van der Waals surface area (Å²) < 4.78 is 41.1. The van der Waals surface area contributed by atoms with Gasteiger partial charge in [0.2, 0.25) is 5.91 Å². The molecule has 11 nitrogen and oxygen atoms in total. The fourth-order valence-corrected chi connectivity index (χ4v) is 7.86. The van der Waals surface area contributed by atoms with Gasteiger partial charge in [-0.25, -0.2) is 23.7 Å². The molecule has 37 heavy (non-hydrogen) atoms. The van der Waals surface area contributed by atoms with Crippen molar-refractivity contribution < 1.29 is 37.1 Å². The number of carbonyl (C=O) groups excluding carboxylic acids is 2. The van der Waals surface area contributed by atoms with E-state index in [-0.39, 0.29) is 38.5 Å². The molecule has 3 aromatic rings. The average molecular weight is 550 g/mol. The smallest absolute Gasteiger partial charge is 0.409 e. The Morgan fingerprint density at radius 2 is 1.92 bits per heavy atom. The van der Waals surface area contributed by atoms with Crippen LogP contribution >= 0.6 is 11.3 Å². The molecule has 13 heteroatoms. The topological polar surface area (TPSA) is 148 Å². The maximum atomic E-state index is 13.7. The minimum atomic E-state index is -3.93. The molecule has 1 unspecified atom stereocenters. The largest absolute Gasteiger partial charge is 0.447 e. The van der Waals surface area contributed by atoms with Crippen molar-refractivity contribution in [2.24, 2.45) is 0 Å². The van der Waals surface area contributed by atoms with E-state index in [0.29, 0.717) is 10.6 Å². The number of sulfone groups is 1. The minimum absolute atomic E-state index is 0.0352. The summed E-state index contributed by atoms with van der Waals surface area (Å²) in [7, 11) is -2.45. The number of oxazole rings is 1. The van der Waals surface area contributed by atoms with Crippen LogP contribution in [-0.2, 0) is 28.9 Å². The molecule has 1 aliphatic rings. The van der Waals surface area contributed by atoms with E-state index in [1.807, 2.05) is 24.3 Å². The first kappa shape index (κ1) is 26.8. The number of nitrogens with zero attached hydrogens (tertiary/aromatic N) is 2. The first-order valence-electron chi connectivity index (χ1n) is 11.4. The van der Waals surface area contributed by atoms with E-state index in [4.69, 9.17) is 13.9 Å². The number of aromatic nitrogens is 1. The maximum absolute atomic E-state index is 13.7. The molecular weight excluding hydrogens is 522 g/mol. The SMILES string of the molecule is COCCOC(=O)N1CCC(CC(=O)NO)(c2ccc(-c3ccc(-c4cnco4)cc3)s2)S(=O)(=O)CC1. The molecule has 2 amide bonds. The van der Waals surface area contributed by atoms with E-state index in [9.17, 15) is 23.2 Å². The Morgan fingerprint density at radius 3 is 2.59 bits per heavy atom. The highest BCUT2D eigenvalue weighted by Crippen LogP contribution is 2.45. The van der Waals surface area contributed by atoms with Gasteiger partial charge in [-0.2, -0.15) is 0 Å². The predicted octanol–water partition coefficient (Wildman–Crippen LogP) is 3.06. The summed E-state index contributed by atoms with van der Waals surface area (Å²) in [5.74, 6) is -0.558. The summed E-state index contributed by atoms with van der Waals surface area (Å²) in [5.41, 5.74) is 3.26. The number of hydrogen-bond acceptors (Lipinski definition) is 10. The number of thiophene rings is 1. The second-order valence-corrected chi connectivity index (χ2v) is 12.0. The summed E-state index contributed by atoms with van der Waals surface area (Å²) in [6.07, 6.45) is 1.80. The van der Waals surface area contributed by atoms with Crippen LogP contribution in [0.25, 0.3) is 21.8 Å². The zero-order valence-electron chi connectivity index (χ0n) is 20.1. The predicted molar refractivity (Wildman–Crippen MR) is 135 cm³/mol. The third-order valence-corrected chi connectivity index (χ3v) is 10.2. The van der Waals surface area contributed by atoms with Gasteiger partial charge in [0.25, 0.3) is 0 Å². The van der Waals surface area contributed by atoms with E-state index in [2.05, 4.69) is 4.98 Å². The van der Waals surface area contributed by atoms with E-state index in [1.165, 1.54) is 29.7 Å². The van der Waals surface area contributed by atoms with Crippen LogP contribution in [-0.4, -0.2) is 74.7 Å². The molecule has 0 aliphatic carbocycles. The van der Waals surface area contributed by atoms with Gasteiger partial charge >= 0.3 is 6.09 Å². The lowest BCUT2D eigenvalue weighted by molar-refractivity contribution is -0.129. The van der Waals surface area contributed by atoms with Crippen molar-refractivity contribution in [3.63, 3.8) is 0 Å². The molecule has 1 saturated heterocycles. The van der Waals surface area contributed by atoms with Gasteiger partial charge in [-0.1, -0.05) is 24.3 Å². The molecule has 1 fully saturated rings. The van der Waals surface area contributed by atoms with Crippen LogP contribution in [0.2, 0.25) is 0 Å². The van der Waals surface area contributed by atoms with Crippen LogP contribution in [0.3, 0.4) is 0 Å². The number of hydrogen-bond donors (Lipinski definition) is 2. The lowest BCUT2D eigenvalue weighted by Gasteiger charge is -2.30. The Hall–Kier alpha value is -3.26. The van der Waals surface area contributed by atoms with Crippen LogP contribution in [0, 0.1) is 0 Å². The number of hydroxylamine groups is 1. The van der Waals surface area contributed by atoms with Crippen molar-refractivity contribution in [1.82, 2.24) is 15.4 Å². The number of amides is 2. The van der Waals surface area contributed by atoms with Crippen LogP contribution in [0.15, 0.2) is 53.4 Å². The van der Waals surface area contributed by atoms with Crippen LogP contribution < -0.4 is 5.48 Å². The zero-order valence-corrected chi connectivity index (χ0v) is 21.7. The summed E-state index contributed by atoms with van der Waals surface area (Å²) in [6, 6.07) is 11.0. The van der Waals surface area contributed by atoms with Gasteiger partial charge in [-0.3, -0.25) is 10.0 Å². The molecule has 1 atom stereocenters. The molecule has 198 valence electrons. The number of carbonyl (C=O) groups is 2. The maximum Gasteiger partial charge on any atom is 0.409 e. The normalized spacial score (nSPS) is 19.2. The molecule has 0 bridgehead atoms. The quantitative estimate of drug-likeness (QED) is 0.246. The van der Waals surface area contributed by atoms with E-state index < -0.39 is 33.0 Å². The van der Waals surface area contributed by atoms with Crippen LogP contribution in [0.4, 0.5) is 4.79 Å². The Morgan fingerprint density at radius 1 is 1.16 bits per heavy atom. The Balaban J connectivity index is 1.64. The Bertz CT molecular complexity index is 1320. The fourth-order valence-electron chi connectivity index (χ4n) is 4.25. The van der Waals surface area contributed by atoms with Gasteiger partial charge in [0.1, 0.15) is 11.4 Å². The zero-order chi connectivity index (χ0) is 26.5. The highest BCUT2D eigenvalue weighted by atomic mass is 32.2. The summed E-state index contributed by atoms with van der Waals surface area (Å²) in [5, 5.41) is 9.22. The second kappa shape index (κ2) is 11.4. The lowest BCUT2D eigenvalue weighted by Crippen LogP contribution is -2.41. The monoisotopic (exact) mass is 549 g/mol. The van der Waals surface area contributed by atoms with E-state index in [1.54, 1.807) is 23.8 Å². The van der Waals surface area contributed by atoms with Gasteiger partial charge in [-0.05, 0) is 24.1 Å². The molecule has 0 saturated carbocycles. The highest BCUT2D eigenvalue weighted by Gasteiger charge is 2.50. The third kappa shape index (κ3) is 5.69. The molecule has 4 rings (SSSR count). The molecule has 0 radical (unpaired) electrons. The average Bonchev–Trinajstić information content (AvgIpc) is 3.59. The molecule has 2 N–H and O–H groups in total. The van der Waals surface area contributed by atoms with Crippen LogP contribution in [0.1, 0.15) is 17.7 Å². The van der Waals surface area contributed by atoms with Crippen LogP contribution in [0.5, 0.6) is 0 Å². The Kier molecular flexibility index (Phi) is 8.27. The van der Waals surface area contributed by atoms with Gasteiger partial charge < -0.3 is 18.8 Å². The molecule has 3 heterocycles. The van der Waals surface area contributed by atoms with Gasteiger partial charge in [0, 0.05) is 35.5 Å². The first-order valence-corrected chi connectivity index (χ1v) is 13.9. The van der Waals surface area contributed by atoms with Gasteiger partial charge in [0.05, 0.1) is 25.0 Å². The van der Waals surface area contributed by atoms with Crippen molar-refractivity contribution in [2.75, 3.05) is 39.2 Å². The van der Waals surface area contributed by atoms with Gasteiger partial charge in [-0.15, -0.1) is 11.3 Å². The summed E-state index contributed by atoms with van der Waals surface area (Å²) >= 11 is 1.26. The van der Waals surface area contributed by atoms with Crippen molar-refractivity contribution in [3.8, 4) is 21.8 Å². The van der Waals surface area contributed by atoms with Crippen molar-refractivity contribution in [1.29, 1.82) is 0 Å². The molecule has 0 spiro atoms.